The van der Waals surface area contributed by atoms with Gasteiger partial charge in [0.25, 0.3) is 15.9 Å². The molecule has 0 aliphatic carbocycles. The summed E-state index contributed by atoms with van der Waals surface area (Å²) in [5.41, 5.74) is 2.49. The number of carbonyl (C=O) groups excluding carboxylic acids is 2. The summed E-state index contributed by atoms with van der Waals surface area (Å²) in [7, 11) is -4.08. The van der Waals surface area contributed by atoms with Gasteiger partial charge in [0.2, 0.25) is 5.91 Å². The first-order valence-electron chi connectivity index (χ1n) is 13.8. The Labute approximate surface area is 248 Å². The maximum absolute atomic E-state index is 13.6. The molecule has 2 aliphatic heterocycles. The molecule has 0 radical (unpaired) electrons. The van der Waals surface area contributed by atoms with Crippen LogP contribution in [0.4, 0.5) is 30.2 Å². The number of hydrogen-bond donors (Lipinski definition) is 4. The molecule has 0 aromatic heterocycles. The van der Waals surface area contributed by atoms with Crippen molar-refractivity contribution in [2.45, 2.75) is 50.6 Å². The van der Waals surface area contributed by atoms with E-state index in [1.165, 1.54) is 13.0 Å². The second-order valence-corrected chi connectivity index (χ2v) is 11.9. The molecule has 11 nitrogen and oxygen atoms in total. The first-order chi connectivity index (χ1) is 20.2. The van der Waals surface area contributed by atoms with Crippen molar-refractivity contribution in [3.63, 3.8) is 0 Å². The number of anilines is 3. The van der Waals surface area contributed by atoms with Crippen molar-refractivity contribution in [2.24, 2.45) is 0 Å². The van der Waals surface area contributed by atoms with Crippen molar-refractivity contribution in [2.75, 3.05) is 54.2 Å². The Hall–Kier alpha value is -3.85. The number of carboxylic acids is 1. The number of carbonyl (C=O) groups is 3. The van der Waals surface area contributed by atoms with Gasteiger partial charge in [-0.15, -0.1) is 0 Å². The van der Waals surface area contributed by atoms with E-state index in [-0.39, 0.29) is 22.4 Å². The maximum atomic E-state index is 13.6. The van der Waals surface area contributed by atoms with E-state index in [9.17, 15) is 31.2 Å². The van der Waals surface area contributed by atoms with Crippen LogP contribution in [0, 0.1) is 6.92 Å². The Morgan fingerprint density at radius 1 is 0.907 bits per heavy atom. The van der Waals surface area contributed by atoms with E-state index < -0.39 is 22.2 Å². The number of carboxylic acid groups (broad SMARTS) is 1. The van der Waals surface area contributed by atoms with E-state index in [1.807, 2.05) is 11.0 Å². The molecule has 0 atom stereocenters. The van der Waals surface area contributed by atoms with Crippen LogP contribution in [-0.4, -0.2) is 81.7 Å². The molecule has 0 saturated carbocycles. The van der Waals surface area contributed by atoms with Gasteiger partial charge in [-0.1, -0.05) is 18.9 Å². The molecule has 0 spiro atoms. The lowest BCUT2D eigenvalue weighted by atomic mass is 10.1. The molecule has 15 heteroatoms. The highest BCUT2D eigenvalue weighted by Gasteiger charge is 2.38. The van der Waals surface area contributed by atoms with Gasteiger partial charge in [0, 0.05) is 51.8 Å². The van der Waals surface area contributed by atoms with E-state index >= 15 is 0 Å². The normalized spacial score (nSPS) is 15.9. The monoisotopic (exact) mass is 627 g/mol. The third kappa shape index (κ3) is 9.58. The predicted octanol–water partition coefficient (Wildman–Crippen LogP) is 3.81. The molecule has 0 bridgehead atoms. The molecule has 4 N–H and O–H groups in total. The average Bonchev–Trinajstić information content (AvgIpc) is 3.23. The van der Waals surface area contributed by atoms with E-state index in [2.05, 4.69) is 20.3 Å². The molecule has 2 fully saturated rings. The molecular weight excluding hydrogens is 591 g/mol. The van der Waals surface area contributed by atoms with Crippen LogP contribution in [0.1, 0.15) is 48.5 Å². The first kappa shape index (κ1) is 33.6. The lowest BCUT2D eigenvalue weighted by molar-refractivity contribution is -0.192. The fourth-order valence-electron chi connectivity index (χ4n) is 4.73. The number of hydrogen-bond acceptors (Lipinski definition) is 7. The number of nitrogens with zero attached hydrogens (tertiary/aromatic N) is 2. The fraction of sp³-hybridized carbons (Fsp3) is 0.464. The number of piperazine rings is 1. The van der Waals surface area contributed by atoms with Gasteiger partial charge in [-0.25, -0.2) is 13.2 Å². The molecule has 2 saturated heterocycles. The average molecular weight is 628 g/mol. The zero-order valence-electron chi connectivity index (χ0n) is 24.0. The zero-order chi connectivity index (χ0) is 31.8. The van der Waals surface area contributed by atoms with Crippen LogP contribution in [0.15, 0.2) is 41.3 Å². The van der Waals surface area contributed by atoms with Crippen LogP contribution in [0.2, 0.25) is 0 Å². The van der Waals surface area contributed by atoms with Gasteiger partial charge in [0.15, 0.2) is 0 Å². The summed E-state index contributed by atoms with van der Waals surface area (Å²) in [6.45, 7) is 7.56. The Balaban J connectivity index is 0.000000646. The number of benzene rings is 2. The Morgan fingerprint density at radius 3 is 2.07 bits per heavy atom. The number of likely N-dealkylation sites (tertiary alicyclic amines) is 1. The molecule has 2 heterocycles. The van der Waals surface area contributed by atoms with Gasteiger partial charge in [0.05, 0.1) is 17.1 Å². The summed E-state index contributed by atoms with van der Waals surface area (Å²) in [6.07, 6.45) is -0.902. The third-order valence-electron chi connectivity index (χ3n) is 6.82. The summed E-state index contributed by atoms with van der Waals surface area (Å²) in [5, 5.41) is 13.0. The van der Waals surface area contributed by atoms with Crippen molar-refractivity contribution in [1.82, 2.24) is 10.2 Å². The number of aryl methyl sites for hydroxylation is 1. The first-order valence-corrected chi connectivity index (χ1v) is 15.3. The Kier molecular flexibility index (Phi) is 11.4. The van der Waals surface area contributed by atoms with Crippen LogP contribution in [0.3, 0.4) is 0 Å². The van der Waals surface area contributed by atoms with Gasteiger partial charge in [0.1, 0.15) is 4.90 Å². The molecule has 43 heavy (non-hydrogen) atoms. The number of sulfonamides is 1. The number of aliphatic carboxylic acids is 1. The van der Waals surface area contributed by atoms with E-state index in [1.54, 1.807) is 31.2 Å². The summed E-state index contributed by atoms with van der Waals surface area (Å²) < 4.78 is 61.7. The van der Waals surface area contributed by atoms with Gasteiger partial charge >= 0.3 is 12.1 Å². The second kappa shape index (κ2) is 14.6. The summed E-state index contributed by atoms with van der Waals surface area (Å²) in [4.78, 5) is 37.9. The minimum atomic E-state index is -5.08. The fourth-order valence-corrected chi connectivity index (χ4v) is 6.05. The largest absolute Gasteiger partial charge is 0.490 e. The molecule has 2 aromatic rings. The number of rotatable bonds is 6. The topological polar surface area (TPSA) is 148 Å². The summed E-state index contributed by atoms with van der Waals surface area (Å²) >= 11 is 0. The standard InChI is InChI=1S/C26H35N5O4S.C2HF3O2/c1-19-7-9-22(28-20(2)32)25(17-19)36(34,35)29-23-18-21(26(33)31-13-5-3-4-6-14-31)8-10-24(23)30-15-11-27-12-16-30;3-2(4,5)1(6)7/h7-10,17-18,27,29H,3-6,11-16H2,1-2H3,(H,28,32);(H,6,7). The summed E-state index contributed by atoms with van der Waals surface area (Å²) in [6, 6.07) is 10.1. The molecule has 236 valence electrons. The highest BCUT2D eigenvalue weighted by atomic mass is 32.2. The van der Waals surface area contributed by atoms with Gasteiger partial charge in [-0.05, 0) is 55.7 Å². The molecule has 2 aromatic carbocycles. The zero-order valence-corrected chi connectivity index (χ0v) is 24.8. The van der Waals surface area contributed by atoms with E-state index in [0.717, 1.165) is 63.1 Å². The molecule has 0 unspecified atom stereocenters. The number of halogens is 3. The van der Waals surface area contributed by atoms with Gasteiger partial charge in [-0.3, -0.25) is 14.3 Å². The quantitative estimate of drug-likeness (QED) is 0.378. The number of alkyl halides is 3. The molecule has 2 amide bonds. The molecule has 2 aliphatic rings. The van der Waals surface area contributed by atoms with Crippen LogP contribution in [-0.2, 0) is 19.6 Å². The van der Waals surface area contributed by atoms with E-state index in [0.29, 0.717) is 24.3 Å². The maximum Gasteiger partial charge on any atom is 0.490 e. The minimum Gasteiger partial charge on any atom is -0.475 e. The van der Waals surface area contributed by atoms with Crippen molar-refractivity contribution in [1.29, 1.82) is 0 Å². The van der Waals surface area contributed by atoms with Crippen LogP contribution in [0.5, 0.6) is 0 Å². The number of amides is 2. The third-order valence-corrected chi connectivity index (χ3v) is 8.22. The van der Waals surface area contributed by atoms with Crippen LogP contribution >= 0.6 is 0 Å². The minimum absolute atomic E-state index is 0.0202. The highest BCUT2D eigenvalue weighted by Crippen LogP contribution is 2.32. The van der Waals surface area contributed by atoms with Crippen LogP contribution in [0.25, 0.3) is 0 Å². The smallest absolute Gasteiger partial charge is 0.475 e. The molecular formula is C28H36F3N5O6S. The van der Waals surface area contributed by atoms with Crippen molar-refractivity contribution >= 4 is 44.9 Å². The molecule has 4 rings (SSSR count). The SMILES string of the molecule is CC(=O)Nc1ccc(C)cc1S(=O)(=O)Nc1cc(C(=O)N2CCCCCC2)ccc1N1CCNCC1.O=C(O)C(F)(F)F. The lowest BCUT2D eigenvalue weighted by Gasteiger charge is -2.31. The second-order valence-electron chi connectivity index (χ2n) is 10.3. The van der Waals surface area contributed by atoms with Gasteiger partial charge < -0.3 is 25.5 Å². The highest BCUT2D eigenvalue weighted by molar-refractivity contribution is 7.93. The van der Waals surface area contributed by atoms with Crippen molar-refractivity contribution in [3.05, 3.63) is 47.5 Å². The Bertz CT molecular complexity index is 1420. The van der Waals surface area contributed by atoms with Crippen molar-refractivity contribution in [3.8, 4) is 0 Å². The number of nitrogens with one attached hydrogen (secondary N) is 3. The van der Waals surface area contributed by atoms with Crippen molar-refractivity contribution < 1.29 is 41.1 Å². The lowest BCUT2D eigenvalue weighted by Crippen LogP contribution is -2.43. The van der Waals surface area contributed by atoms with E-state index in [4.69, 9.17) is 9.90 Å². The van der Waals surface area contributed by atoms with Gasteiger partial charge in [-0.2, -0.15) is 13.2 Å². The van der Waals surface area contributed by atoms with Crippen LogP contribution < -0.4 is 20.3 Å². The Morgan fingerprint density at radius 2 is 1.51 bits per heavy atom. The summed E-state index contributed by atoms with van der Waals surface area (Å²) in [5.74, 6) is -3.20. The predicted molar refractivity (Wildman–Crippen MR) is 156 cm³/mol.